The highest BCUT2D eigenvalue weighted by Crippen LogP contribution is 2.11. The predicted octanol–water partition coefficient (Wildman–Crippen LogP) is 0.829. The van der Waals surface area contributed by atoms with E-state index in [0.29, 0.717) is 6.07 Å². The Morgan fingerprint density at radius 1 is 1.14 bits per heavy atom. The quantitative estimate of drug-likeness (QED) is 0.824. The summed E-state index contributed by atoms with van der Waals surface area (Å²) >= 11 is 0. The first-order valence-electron chi connectivity index (χ1n) is 3.69. The number of benzene rings is 1. The average Bonchev–Trinajstić information content (AvgIpc) is 2.01. The van der Waals surface area contributed by atoms with Gasteiger partial charge in [0.2, 0.25) is 0 Å². The van der Waals surface area contributed by atoms with Crippen LogP contribution in [0.4, 0.5) is 8.78 Å². The Bertz CT molecular complexity index is 408. The van der Waals surface area contributed by atoms with Crippen molar-refractivity contribution < 1.29 is 22.3 Å². The van der Waals surface area contributed by atoms with Crippen LogP contribution in [0, 0.1) is 11.6 Å². The van der Waals surface area contributed by atoms with Crippen molar-refractivity contribution >= 4 is 9.84 Å². The van der Waals surface area contributed by atoms with E-state index in [4.69, 9.17) is 5.11 Å². The zero-order chi connectivity index (χ0) is 10.8. The first-order chi connectivity index (χ1) is 6.43. The maximum Gasteiger partial charge on any atom is 0.178 e. The monoisotopic (exact) mass is 222 g/mol. The molecule has 1 rings (SSSR count). The maximum absolute atomic E-state index is 12.6. The zero-order valence-electron chi connectivity index (χ0n) is 7.07. The molecule has 1 N–H and O–H groups in total. The summed E-state index contributed by atoms with van der Waals surface area (Å²) in [5.74, 6) is -3.29. The van der Waals surface area contributed by atoms with Crippen molar-refractivity contribution in [3.8, 4) is 0 Å². The van der Waals surface area contributed by atoms with Gasteiger partial charge in [0, 0.05) is 6.07 Å². The minimum atomic E-state index is -3.68. The predicted molar refractivity (Wildman–Crippen MR) is 46.1 cm³/mol. The van der Waals surface area contributed by atoms with Gasteiger partial charge >= 0.3 is 0 Å². The van der Waals surface area contributed by atoms with Gasteiger partial charge in [0.1, 0.15) is 17.6 Å². The average molecular weight is 222 g/mol. The van der Waals surface area contributed by atoms with Crippen molar-refractivity contribution in [1.82, 2.24) is 0 Å². The summed E-state index contributed by atoms with van der Waals surface area (Å²) in [6.45, 7) is 0. The van der Waals surface area contributed by atoms with Gasteiger partial charge in [-0.05, 0) is 17.7 Å². The third kappa shape index (κ3) is 3.04. The summed E-state index contributed by atoms with van der Waals surface area (Å²) in [6.07, 6.45) is 0. The molecule has 78 valence electrons. The SMILES string of the molecule is O=S(=O)(CO)Cc1cc(F)cc(F)c1. The molecule has 0 amide bonds. The lowest BCUT2D eigenvalue weighted by atomic mass is 10.2. The molecule has 0 atom stereocenters. The lowest BCUT2D eigenvalue weighted by Gasteiger charge is -2.01. The van der Waals surface area contributed by atoms with Crippen LogP contribution in [0.1, 0.15) is 5.56 Å². The summed E-state index contributed by atoms with van der Waals surface area (Å²) in [5, 5.41) is 8.42. The fourth-order valence-electron chi connectivity index (χ4n) is 0.994. The molecule has 0 saturated carbocycles. The fourth-order valence-corrected chi connectivity index (χ4v) is 1.76. The second-order valence-corrected chi connectivity index (χ2v) is 4.83. The molecule has 0 aliphatic rings. The molecule has 0 spiro atoms. The van der Waals surface area contributed by atoms with E-state index in [1.165, 1.54) is 0 Å². The summed E-state index contributed by atoms with van der Waals surface area (Å²) in [7, 11) is -3.68. The molecule has 0 aliphatic heterocycles. The summed E-state index contributed by atoms with van der Waals surface area (Å²) in [5.41, 5.74) is -0.0171. The standard InChI is InChI=1S/C8H8F2O3S/c9-7-1-6(2-8(10)3-7)4-14(12,13)5-11/h1-3,11H,4-5H2. The molecule has 0 unspecified atom stereocenters. The summed E-state index contributed by atoms with van der Waals surface area (Å²) in [6, 6.07) is 2.47. The van der Waals surface area contributed by atoms with Crippen LogP contribution < -0.4 is 0 Å². The maximum atomic E-state index is 12.6. The number of rotatable bonds is 3. The highest BCUT2D eigenvalue weighted by molar-refractivity contribution is 7.90. The van der Waals surface area contributed by atoms with Crippen molar-refractivity contribution in [3.63, 3.8) is 0 Å². The van der Waals surface area contributed by atoms with Gasteiger partial charge < -0.3 is 5.11 Å². The van der Waals surface area contributed by atoms with Gasteiger partial charge in [-0.25, -0.2) is 17.2 Å². The Morgan fingerprint density at radius 2 is 1.64 bits per heavy atom. The van der Waals surface area contributed by atoms with Crippen LogP contribution in [0.5, 0.6) is 0 Å². The van der Waals surface area contributed by atoms with E-state index in [1.54, 1.807) is 0 Å². The summed E-state index contributed by atoms with van der Waals surface area (Å²) < 4.78 is 47.0. The van der Waals surface area contributed by atoms with Crippen molar-refractivity contribution in [2.24, 2.45) is 0 Å². The van der Waals surface area contributed by atoms with E-state index in [2.05, 4.69) is 0 Å². The second-order valence-electron chi connectivity index (χ2n) is 2.79. The molecule has 6 heteroatoms. The largest absolute Gasteiger partial charge is 0.380 e. The van der Waals surface area contributed by atoms with E-state index in [-0.39, 0.29) is 5.56 Å². The van der Waals surface area contributed by atoms with Gasteiger partial charge in [-0.2, -0.15) is 0 Å². The van der Waals surface area contributed by atoms with E-state index >= 15 is 0 Å². The molecule has 1 aromatic rings. The van der Waals surface area contributed by atoms with E-state index in [9.17, 15) is 17.2 Å². The smallest absolute Gasteiger partial charge is 0.178 e. The molecule has 0 aromatic heterocycles. The van der Waals surface area contributed by atoms with E-state index in [1.807, 2.05) is 0 Å². The topological polar surface area (TPSA) is 54.4 Å². The lowest BCUT2D eigenvalue weighted by molar-refractivity contribution is 0.358. The van der Waals surface area contributed by atoms with Gasteiger partial charge in [-0.15, -0.1) is 0 Å². The fraction of sp³-hybridized carbons (Fsp3) is 0.250. The van der Waals surface area contributed by atoms with Gasteiger partial charge in [0.05, 0.1) is 5.75 Å². The van der Waals surface area contributed by atoms with Gasteiger partial charge in [-0.3, -0.25) is 0 Å². The molecule has 0 radical (unpaired) electrons. The molecule has 14 heavy (non-hydrogen) atoms. The minimum absolute atomic E-state index is 0.0171. The Kier molecular flexibility index (Phi) is 3.17. The molecular formula is C8H8F2O3S. The Hall–Kier alpha value is -1.01. The third-order valence-corrected chi connectivity index (χ3v) is 2.67. The van der Waals surface area contributed by atoms with Crippen LogP contribution >= 0.6 is 0 Å². The molecule has 1 aromatic carbocycles. The Balaban J connectivity index is 2.98. The highest BCUT2D eigenvalue weighted by Gasteiger charge is 2.11. The molecule has 0 fully saturated rings. The van der Waals surface area contributed by atoms with Crippen LogP contribution in [-0.2, 0) is 15.6 Å². The molecular weight excluding hydrogens is 214 g/mol. The number of hydrogen-bond donors (Lipinski definition) is 1. The van der Waals surface area contributed by atoms with Crippen LogP contribution in [0.3, 0.4) is 0 Å². The second kappa shape index (κ2) is 4.02. The van der Waals surface area contributed by atoms with Crippen LogP contribution in [0.25, 0.3) is 0 Å². The minimum Gasteiger partial charge on any atom is -0.380 e. The van der Waals surface area contributed by atoms with Gasteiger partial charge in [0.15, 0.2) is 9.84 Å². The highest BCUT2D eigenvalue weighted by atomic mass is 32.2. The molecule has 0 saturated heterocycles. The van der Waals surface area contributed by atoms with Crippen molar-refractivity contribution in [2.75, 3.05) is 5.94 Å². The van der Waals surface area contributed by atoms with Crippen molar-refractivity contribution in [2.45, 2.75) is 5.75 Å². The van der Waals surface area contributed by atoms with Gasteiger partial charge in [0.25, 0.3) is 0 Å². The number of halogens is 2. The van der Waals surface area contributed by atoms with Crippen molar-refractivity contribution in [3.05, 3.63) is 35.4 Å². The first kappa shape index (κ1) is 11.1. The molecule has 0 heterocycles. The molecule has 0 bridgehead atoms. The third-order valence-electron chi connectivity index (χ3n) is 1.51. The summed E-state index contributed by atoms with van der Waals surface area (Å²) in [4.78, 5) is 0. The number of sulfone groups is 1. The van der Waals surface area contributed by atoms with Crippen molar-refractivity contribution in [1.29, 1.82) is 0 Å². The van der Waals surface area contributed by atoms with Crippen LogP contribution in [0.2, 0.25) is 0 Å². The first-order valence-corrected chi connectivity index (χ1v) is 5.51. The van der Waals surface area contributed by atoms with Crippen LogP contribution in [0.15, 0.2) is 18.2 Å². The number of hydrogen-bond acceptors (Lipinski definition) is 3. The lowest BCUT2D eigenvalue weighted by Crippen LogP contribution is -2.08. The number of aliphatic hydroxyl groups excluding tert-OH is 1. The molecule has 0 aliphatic carbocycles. The Morgan fingerprint density at radius 3 is 2.07 bits per heavy atom. The molecule has 3 nitrogen and oxygen atoms in total. The van der Waals surface area contributed by atoms with E-state index in [0.717, 1.165) is 12.1 Å². The van der Waals surface area contributed by atoms with Gasteiger partial charge in [-0.1, -0.05) is 0 Å². The van der Waals surface area contributed by atoms with Crippen LogP contribution in [-0.4, -0.2) is 19.5 Å². The number of aliphatic hydroxyl groups is 1. The van der Waals surface area contributed by atoms with E-state index < -0.39 is 33.2 Å². The Labute approximate surface area is 79.9 Å². The normalized spacial score (nSPS) is 11.6. The zero-order valence-corrected chi connectivity index (χ0v) is 7.89.